The van der Waals surface area contributed by atoms with E-state index in [4.69, 9.17) is 0 Å². The van der Waals surface area contributed by atoms with E-state index in [-0.39, 0.29) is 152 Å². The summed E-state index contributed by atoms with van der Waals surface area (Å²) in [6.45, 7) is 34.0. The van der Waals surface area contributed by atoms with E-state index in [0.29, 0.717) is 67.2 Å². The highest BCUT2D eigenvalue weighted by Crippen LogP contribution is 2.48. The molecule has 0 spiro atoms. The van der Waals surface area contributed by atoms with E-state index in [9.17, 15) is 58.8 Å². The van der Waals surface area contributed by atoms with Crippen LogP contribution in [0.25, 0.3) is 41.8 Å². The fraction of sp³-hybridized carbons (Fsp3) is 0.619. The standard InChI is InChI=1S/C27H37N5O3S.2C26H35N5O3S.C26H37N5O3S/c1-5-20(16-6-7-16)30-21-12-15(2)19(13-28-21)23-22(26(34)32-17-8-9-18(32)11-10-17)31-25(36-23)24(33)29-14-27(3,4)35;1-15-12-19(30-26(4)10-5-11-26)27-13-18(15)21-20(24(33)31-16-6-7-17(31)9-8-16)29-23(35-21)22(32)28-14-25(2,3)34;1-4-15(3)28-21-11-14(2)20(13-27-21)23-22(26(34)31-17-6-7-18(31)9-8-17)30-25(35-23)24(33)29-16-5-10-19(32)12-16;1-15-11-19(28-13-25(2,3)4)27-12-18(15)21-20(24(33)31-16-7-8-17(31)10-9-16)30-23(35-21)22(32)29-14-26(5,6)34/h12-13,16-18,20,35H,5-11,14H2,1-4H3,(H,28,30)(H,29,33);12-13,16-17,34H,5-11,14H2,1-4H3,(H,27,30)(H,28,32);11,13,15-19,32H,4-10,12H2,1-3H3,(H,27,28)(H,29,33);11-12,16-17,34H,7-10,13-14H2,1-6H3,(H,27,28)(H,29,32)/t17?,18?,20-;;15-,16+,17?,18?,19+;/m0.1./s1. The van der Waals surface area contributed by atoms with Gasteiger partial charge in [0.15, 0.2) is 20.0 Å². The van der Waals surface area contributed by atoms with Crippen molar-refractivity contribution in [2.75, 3.05) is 47.4 Å². The SMILES string of the molecule is CC[C@@H](C)Nc1cc(C)c(-c2sc(C(=O)N[C@H]3CC[C@H](O)C3)nc2C(=O)N2C3CCC2CC3)cn1.CC[C@H](Nc1cc(C)c(-c2sc(C(=O)NCC(C)(C)O)nc2C(=O)N2C3CCC2CC3)cn1)C1CC1.Cc1cc(NC2(C)CCC2)ncc1-c1sc(C(=O)NCC(C)(C)O)nc1C(=O)N1C2CCC1CC2.Cc1cc(NCC(C)(C)C)ncc1-c1sc(C(=O)NCC(C)(C)O)nc1C(=O)N1C2CCC1CC2. The van der Waals surface area contributed by atoms with Crippen LogP contribution in [-0.2, 0) is 0 Å². The average Bonchev–Trinajstić information content (AvgIpc) is 1.63. The van der Waals surface area contributed by atoms with Gasteiger partial charge in [-0.05, 0) is 308 Å². The Morgan fingerprint density at radius 1 is 0.411 bits per heavy atom. The molecule has 4 atom stereocenters. The summed E-state index contributed by atoms with van der Waals surface area (Å²) in [5.41, 5.74) is 5.65. The number of fused-ring (bicyclic) bond motifs is 8. The van der Waals surface area contributed by atoms with Crippen molar-refractivity contribution in [3.63, 3.8) is 0 Å². The molecule has 0 radical (unpaired) electrons. The van der Waals surface area contributed by atoms with E-state index in [0.717, 1.165) is 215 Å². The summed E-state index contributed by atoms with van der Waals surface area (Å²) < 4.78 is 0. The lowest BCUT2D eigenvalue weighted by atomic mass is 9.78. The Hall–Kier alpha value is -10.1. The van der Waals surface area contributed by atoms with Gasteiger partial charge in [0.1, 0.15) is 46.0 Å². The Morgan fingerprint density at radius 2 is 0.716 bits per heavy atom. The molecule has 32 nitrogen and oxygen atoms in total. The number of rotatable bonds is 30. The molecule has 8 bridgehead atoms. The minimum atomic E-state index is -1.04. The number of nitrogens with zero attached hydrogens (tertiary/aromatic N) is 12. The number of anilines is 4. The molecule has 8 aromatic rings. The van der Waals surface area contributed by atoms with Crippen LogP contribution in [0.5, 0.6) is 0 Å². The lowest BCUT2D eigenvalue weighted by Gasteiger charge is -2.39. The zero-order valence-electron chi connectivity index (χ0n) is 84.9. The summed E-state index contributed by atoms with van der Waals surface area (Å²) in [6.07, 6.45) is 33.5. The molecule has 760 valence electrons. The quantitative estimate of drug-likeness (QED) is 0.0199. The van der Waals surface area contributed by atoms with E-state index in [1.54, 1.807) is 66.3 Å². The fourth-order valence-corrected chi connectivity index (χ4v) is 25.7. The minimum Gasteiger partial charge on any atom is -0.393 e. The second-order valence-electron chi connectivity index (χ2n) is 44.6. The summed E-state index contributed by atoms with van der Waals surface area (Å²) in [5.74, 6) is 2.18. The van der Waals surface area contributed by atoms with Crippen molar-refractivity contribution in [3.8, 4) is 41.8 Å². The number of carbonyl (C=O) groups excluding carboxylic acids is 8. The molecular weight excluding hydrogens is 1860 g/mol. The Labute approximate surface area is 844 Å². The molecule has 19 rings (SSSR count). The lowest BCUT2D eigenvalue weighted by molar-refractivity contribution is 0.0691. The van der Waals surface area contributed by atoms with Gasteiger partial charge in [-0.1, -0.05) is 34.6 Å². The molecule has 11 fully saturated rings. The van der Waals surface area contributed by atoms with E-state index in [2.05, 4.69) is 131 Å². The molecule has 0 unspecified atom stereocenters. The van der Waals surface area contributed by atoms with Gasteiger partial charge in [0.2, 0.25) is 0 Å². The van der Waals surface area contributed by atoms with Crippen LogP contribution in [-0.4, -0.2) is 248 Å². The molecule has 141 heavy (non-hydrogen) atoms. The van der Waals surface area contributed by atoms with Crippen LogP contribution in [0, 0.1) is 39.0 Å². The second-order valence-corrected chi connectivity index (χ2v) is 48.5. The first-order valence-corrected chi connectivity index (χ1v) is 54.4. The highest BCUT2D eigenvalue weighted by Gasteiger charge is 2.50. The Morgan fingerprint density at radius 3 is 0.993 bits per heavy atom. The Balaban J connectivity index is 0.000000135. The van der Waals surface area contributed by atoms with Crippen molar-refractivity contribution in [1.82, 2.24) is 80.7 Å². The van der Waals surface area contributed by atoms with Gasteiger partial charge in [0.05, 0.1) is 42.4 Å². The highest BCUT2D eigenvalue weighted by atomic mass is 32.1. The predicted molar refractivity (Wildman–Crippen MR) is 554 cm³/mol. The van der Waals surface area contributed by atoms with Gasteiger partial charge in [-0.2, -0.15) is 0 Å². The Bertz CT molecular complexity index is 5870. The van der Waals surface area contributed by atoms with E-state index < -0.39 is 22.7 Å². The van der Waals surface area contributed by atoms with Crippen molar-refractivity contribution < 1.29 is 58.8 Å². The third kappa shape index (κ3) is 24.4. The number of aliphatic hydroxyl groups is 4. The normalized spacial score (nSPS) is 22.7. The van der Waals surface area contributed by atoms with Gasteiger partial charge in [0, 0.05) is 145 Å². The number of pyridine rings is 4. The number of aryl methyl sites for hydroxylation is 4. The van der Waals surface area contributed by atoms with Crippen molar-refractivity contribution >= 4 is 116 Å². The van der Waals surface area contributed by atoms with E-state index in [1.165, 1.54) is 64.6 Å². The van der Waals surface area contributed by atoms with Crippen LogP contribution in [0.15, 0.2) is 49.1 Å². The number of aromatic nitrogens is 8. The Kier molecular flexibility index (Phi) is 31.4. The summed E-state index contributed by atoms with van der Waals surface area (Å²) in [7, 11) is 0. The predicted octanol–water partition coefficient (Wildman–Crippen LogP) is 16.9. The molecule has 3 aliphatic carbocycles. The molecule has 3 saturated carbocycles. The molecular formula is C105H144N20O12S4. The maximum atomic E-state index is 13.8. The number of thiazole rings is 4. The molecule has 8 aromatic heterocycles. The molecule has 8 amide bonds. The van der Waals surface area contributed by atoms with Crippen LogP contribution < -0.4 is 42.5 Å². The van der Waals surface area contributed by atoms with Crippen molar-refractivity contribution in [1.29, 1.82) is 0 Å². The number of carbonyl (C=O) groups is 8. The summed E-state index contributed by atoms with van der Waals surface area (Å²) >= 11 is 4.91. The van der Waals surface area contributed by atoms with Gasteiger partial charge in [-0.3, -0.25) is 38.4 Å². The first kappa shape index (κ1) is 104. The van der Waals surface area contributed by atoms with Crippen LogP contribution in [0.2, 0.25) is 0 Å². The largest absolute Gasteiger partial charge is 0.393 e. The van der Waals surface area contributed by atoms with Gasteiger partial charge in [-0.25, -0.2) is 39.9 Å². The number of amides is 8. The van der Waals surface area contributed by atoms with Crippen molar-refractivity contribution in [2.24, 2.45) is 11.3 Å². The zero-order chi connectivity index (χ0) is 101. The molecule has 16 heterocycles. The first-order chi connectivity index (χ1) is 66.8. The van der Waals surface area contributed by atoms with Crippen molar-refractivity contribution in [2.45, 2.75) is 380 Å². The second kappa shape index (κ2) is 42.7. The molecule has 8 saturated heterocycles. The molecule has 11 aliphatic rings. The zero-order valence-corrected chi connectivity index (χ0v) is 88.2. The van der Waals surface area contributed by atoms with Crippen LogP contribution in [0.3, 0.4) is 0 Å². The smallest absolute Gasteiger partial charge is 0.280 e. The third-order valence-corrected chi connectivity index (χ3v) is 34.1. The summed E-state index contributed by atoms with van der Waals surface area (Å²) in [5, 5.41) is 65.9. The molecule has 0 aromatic carbocycles. The number of nitrogens with one attached hydrogen (secondary N) is 8. The topological polar surface area (TPSA) is 430 Å². The van der Waals surface area contributed by atoms with Gasteiger partial charge >= 0.3 is 0 Å². The number of hydrogen-bond acceptors (Lipinski definition) is 28. The molecule has 8 aliphatic heterocycles. The van der Waals surface area contributed by atoms with Gasteiger partial charge in [0.25, 0.3) is 47.3 Å². The number of aliphatic hydroxyl groups excluding tert-OH is 1. The average molecular weight is 2010 g/mol. The highest BCUT2D eigenvalue weighted by molar-refractivity contribution is 7.18. The summed E-state index contributed by atoms with van der Waals surface area (Å²) in [4.78, 5) is 154. The summed E-state index contributed by atoms with van der Waals surface area (Å²) in [6, 6.07) is 10.8. The van der Waals surface area contributed by atoms with E-state index >= 15 is 0 Å². The minimum absolute atomic E-state index is 0.0623. The number of hydrogen-bond donors (Lipinski definition) is 12. The maximum Gasteiger partial charge on any atom is 0.280 e. The fourth-order valence-electron chi connectivity index (χ4n) is 21.5. The van der Waals surface area contributed by atoms with E-state index in [1.807, 2.05) is 71.6 Å². The van der Waals surface area contributed by atoms with Gasteiger partial charge < -0.3 is 82.6 Å². The monoisotopic (exact) mass is 2010 g/mol. The third-order valence-electron chi connectivity index (χ3n) is 29.7. The molecule has 12 N–H and O–H groups in total. The van der Waals surface area contributed by atoms with Crippen molar-refractivity contribution in [3.05, 3.63) is 114 Å². The maximum absolute atomic E-state index is 13.8. The van der Waals surface area contributed by atoms with Gasteiger partial charge in [-0.15, -0.1) is 45.3 Å². The van der Waals surface area contributed by atoms with Crippen LogP contribution in [0.1, 0.15) is 360 Å². The van der Waals surface area contributed by atoms with Crippen LogP contribution in [0.4, 0.5) is 23.3 Å². The lowest BCUT2D eigenvalue weighted by Crippen LogP contribution is -2.41. The van der Waals surface area contributed by atoms with Crippen LogP contribution >= 0.6 is 45.3 Å². The molecule has 36 heteroatoms. The first-order valence-electron chi connectivity index (χ1n) is 51.1.